The number of amides is 1. The van der Waals surface area contributed by atoms with Gasteiger partial charge >= 0.3 is 5.97 Å². The van der Waals surface area contributed by atoms with Gasteiger partial charge in [-0.2, -0.15) is 5.26 Å². The molecule has 2 rings (SSSR count). The molecule has 0 radical (unpaired) electrons. The van der Waals surface area contributed by atoms with Crippen molar-refractivity contribution in [3.63, 3.8) is 0 Å². The molecule has 0 aliphatic carbocycles. The van der Waals surface area contributed by atoms with Gasteiger partial charge in [-0.1, -0.05) is 26.0 Å². The molecule has 1 amide bonds. The number of rotatable bonds is 8. The fourth-order valence-corrected chi connectivity index (χ4v) is 3.63. The first-order valence-electron chi connectivity index (χ1n) is 9.14. The van der Waals surface area contributed by atoms with E-state index in [1.54, 1.807) is 13.8 Å². The molecule has 0 aliphatic heterocycles. The maximum absolute atomic E-state index is 12.2. The van der Waals surface area contributed by atoms with Crippen LogP contribution in [-0.2, 0) is 9.53 Å². The average Bonchev–Trinajstić information content (AvgIpc) is 3.01. The molecule has 28 heavy (non-hydrogen) atoms. The van der Waals surface area contributed by atoms with Crippen LogP contribution < -0.4 is 10.1 Å². The van der Waals surface area contributed by atoms with Crippen molar-refractivity contribution >= 4 is 28.2 Å². The summed E-state index contributed by atoms with van der Waals surface area (Å²) >= 11 is 1.03. The van der Waals surface area contributed by atoms with Crippen molar-refractivity contribution in [1.82, 2.24) is 0 Å². The third kappa shape index (κ3) is 5.11. The van der Waals surface area contributed by atoms with Crippen LogP contribution in [0.15, 0.2) is 24.3 Å². The van der Waals surface area contributed by atoms with Gasteiger partial charge < -0.3 is 14.8 Å². The Morgan fingerprint density at radius 3 is 2.50 bits per heavy atom. The number of carbonyl (C=O) groups is 2. The summed E-state index contributed by atoms with van der Waals surface area (Å²) in [5.41, 5.74) is 1.99. The normalized spacial score (nSPS) is 11.4. The van der Waals surface area contributed by atoms with Gasteiger partial charge in [0, 0.05) is 0 Å². The summed E-state index contributed by atoms with van der Waals surface area (Å²) in [5, 5.41) is 12.3. The standard InChI is InChI=1S/C21H24N2O4S/c1-5-13(3)15-7-9-16(10-8-15)27-12-18(24)23-20-17(11-22)14(4)19(28-20)21(25)26-6-2/h7-10,13H,5-6,12H2,1-4H3,(H,23,24)/t13-/m1/s1. The molecule has 1 aromatic carbocycles. The number of esters is 1. The Morgan fingerprint density at radius 2 is 1.93 bits per heavy atom. The number of nitrogens with one attached hydrogen (secondary N) is 1. The second-order valence-corrected chi connectivity index (χ2v) is 7.33. The molecule has 0 aliphatic rings. The Balaban J connectivity index is 2.02. The van der Waals surface area contributed by atoms with Crippen molar-refractivity contribution in [2.45, 2.75) is 40.0 Å². The van der Waals surface area contributed by atoms with E-state index in [-0.39, 0.29) is 18.8 Å². The number of hydrogen-bond donors (Lipinski definition) is 1. The molecule has 1 N–H and O–H groups in total. The topological polar surface area (TPSA) is 88.4 Å². The van der Waals surface area contributed by atoms with Crippen LogP contribution in [0.4, 0.5) is 5.00 Å². The molecule has 0 unspecified atom stereocenters. The average molecular weight is 401 g/mol. The molecule has 0 fully saturated rings. The van der Waals surface area contributed by atoms with Gasteiger partial charge in [-0.05, 0) is 49.4 Å². The zero-order chi connectivity index (χ0) is 20.7. The van der Waals surface area contributed by atoms with Crippen LogP contribution in [0.25, 0.3) is 0 Å². The van der Waals surface area contributed by atoms with Crippen molar-refractivity contribution in [3.8, 4) is 11.8 Å². The third-order valence-corrected chi connectivity index (χ3v) is 5.59. The highest BCUT2D eigenvalue weighted by atomic mass is 32.1. The number of hydrogen-bond acceptors (Lipinski definition) is 6. The Kier molecular flexibility index (Phi) is 7.59. The zero-order valence-corrected chi connectivity index (χ0v) is 17.3. The maximum atomic E-state index is 12.2. The number of carbonyl (C=O) groups excluding carboxylic acids is 2. The van der Waals surface area contributed by atoms with E-state index in [1.807, 2.05) is 30.3 Å². The summed E-state index contributed by atoms with van der Waals surface area (Å²) in [5.74, 6) is 0.161. The van der Waals surface area contributed by atoms with Gasteiger partial charge in [0.1, 0.15) is 21.7 Å². The molecule has 0 saturated heterocycles. The summed E-state index contributed by atoms with van der Waals surface area (Å²) in [6, 6.07) is 9.68. The van der Waals surface area contributed by atoms with Crippen LogP contribution in [0.5, 0.6) is 5.75 Å². The molecule has 0 bridgehead atoms. The Labute approximate surface area is 169 Å². The second-order valence-electron chi connectivity index (χ2n) is 6.31. The summed E-state index contributed by atoms with van der Waals surface area (Å²) in [6.45, 7) is 7.70. The predicted molar refractivity (Wildman–Crippen MR) is 109 cm³/mol. The molecule has 1 atom stereocenters. The first kappa shape index (κ1) is 21.5. The molecule has 2 aromatic rings. The monoisotopic (exact) mass is 400 g/mol. The van der Waals surface area contributed by atoms with E-state index in [0.29, 0.717) is 27.1 Å². The molecule has 7 heteroatoms. The van der Waals surface area contributed by atoms with E-state index in [2.05, 4.69) is 19.2 Å². The minimum atomic E-state index is -0.500. The van der Waals surface area contributed by atoms with E-state index in [0.717, 1.165) is 17.8 Å². The lowest BCUT2D eigenvalue weighted by Crippen LogP contribution is -2.20. The van der Waals surface area contributed by atoms with Crippen LogP contribution in [0.2, 0.25) is 0 Å². The zero-order valence-electron chi connectivity index (χ0n) is 16.5. The van der Waals surface area contributed by atoms with E-state index < -0.39 is 11.9 Å². The Bertz CT molecular complexity index is 881. The molecular formula is C21H24N2O4S. The van der Waals surface area contributed by atoms with E-state index in [1.165, 1.54) is 5.56 Å². The summed E-state index contributed by atoms with van der Waals surface area (Å²) < 4.78 is 10.5. The minimum Gasteiger partial charge on any atom is -0.484 e. The lowest BCUT2D eigenvalue weighted by Gasteiger charge is -2.10. The SMILES string of the molecule is CCOC(=O)c1sc(NC(=O)COc2ccc([C@H](C)CC)cc2)c(C#N)c1C. The van der Waals surface area contributed by atoms with Crippen molar-refractivity contribution in [2.75, 3.05) is 18.5 Å². The first-order chi connectivity index (χ1) is 13.4. The lowest BCUT2D eigenvalue weighted by atomic mass is 9.99. The smallest absolute Gasteiger partial charge is 0.348 e. The molecule has 6 nitrogen and oxygen atoms in total. The molecule has 0 saturated carbocycles. The highest BCUT2D eigenvalue weighted by molar-refractivity contribution is 7.18. The van der Waals surface area contributed by atoms with Gasteiger partial charge in [0.25, 0.3) is 5.91 Å². The fourth-order valence-electron chi connectivity index (χ4n) is 2.57. The molecule has 0 spiro atoms. The first-order valence-corrected chi connectivity index (χ1v) is 9.96. The van der Waals surface area contributed by atoms with Crippen LogP contribution in [0.3, 0.4) is 0 Å². The Hall–Kier alpha value is -2.85. The summed E-state index contributed by atoms with van der Waals surface area (Å²) in [7, 11) is 0. The number of anilines is 1. The van der Waals surface area contributed by atoms with Crippen LogP contribution in [0, 0.1) is 18.3 Å². The molecule has 1 aromatic heterocycles. The number of ether oxygens (including phenoxy) is 2. The minimum absolute atomic E-state index is 0.195. The van der Waals surface area contributed by atoms with Gasteiger partial charge in [-0.15, -0.1) is 11.3 Å². The predicted octanol–water partition coefficient (Wildman–Crippen LogP) is 4.64. The number of thiophene rings is 1. The van der Waals surface area contributed by atoms with Gasteiger partial charge in [0.2, 0.25) is 0 Å². The van der Waals surface area contributed by atoms with Crippen molar-refractivity contribution in [1.29, 1.82) is 5.26 Å². The van der Waals surface area contributed by atoms with Gasteiger partial charge in [-0.25, -0.2) is 4.79 Å². The van der Waals surface area contributed by atoms with E-state index >= 15 is 0 Å². The third-order valence-electron chi connectivity index (χ3n) is 4.40. The van der Waals surface area contributed by atoms with Gasteiger partial charge in [-0.3, -0.25) is 4.79 Å². The van der Waals surface area contributed by atoms with Gasteiger partial charge in [0.05, 0.1) is 12.2 Å². The van der Waals surface area contributed by atoms with Crippen molar-refractivity contribution in [2.24, 2.45) is 0 Å². The van der Waals surface area contributed by atoms with Crippen LogP contribution in [0.1, 0.15) is 59.5 Å². The largest absolute Gasteiger partial charge is 0.484 e. The highest BCUT2D eigenvalue weighted by Gasteiger charge is 2.22. The quantitative estimate of drug-likeness (QED) is 0.652. The van der Waals surface area contributed by atoms with Crippen molar-refractivity contribution < 1.29 is 19.1 Å². The molecule has 1 heterocycles. The van der Waals surface area contributed by atoms with E-state index in [9.17, 15) is 14.9 Å². The van der Waals surface area contributed by atoms with Gasteiger partial charge in [0.15, 0.2) is 6.61 Å². The summed E-state index contributed by atoms with van der Waals surface area (Å²) in [4.78, 5) is 24.5. The molecular weight excluding hydrogens is 376 g/mol. The maximum Gasteiger partial charge on any atom is 0.348 e. The summed E-state index contributed by atoms with van der Waals surface area (Å²) in [6.07, 6.45) is 1.05. The fraction of sp³-hybridized carbons (Fsp3) is 0.381. The van der Waals surface area contributed by atoms with Crippen LogP contribution >= 0.6 is 11.3 Å². The highest BCUT2D eigenvalue weighted by Crippen LogP contribution is 2.33. The lowest BCUT2D eigenvalue weighted by molar-refractivity contribution is -0.118. The second kappa shape index (κ2) is 9.90. The van der Waals surface area contributed by atoms with Crippen molar-refractivity contribution in [3.05, 3.63) is 45.8 Å². The Morgan fingerprint density at radius 1 is 1.25 bits per heavy atom. The van der Waals surface area contributed by atoms with E-state index in [4.69, 9.17) is 9.47 Å². The number of nitrogens with zero attached hydrogens (tertiary/aromatic N) is 1. The van der Waals surface area contributed by atoms with Crippen LogP contribution in [-0.4, -0.2) is 25.1 Å². The molecule has 148 valence electrons. The number of benzene rings is 1. The number of nitriles is 1.